The summed E-state index contributed by atoms with van der Waals surface area (Å²) in [6.07, 6.45) is -1.24. The zero-order chi connectivity index (χ0) is 17.8. The Morgan fingerprint density at radius 1 is 1.08 bits per heavy atom. The highest BCUT2D eigenvalue weighted by molar-refractivity contribution is 6.01. The second-order valence-electron chi connectivity index (χ2n) is 5.36. The van der Waals surface area contributed by atoms with Crippen LogP contribution in [-0.4, -0.2) is 28.3 Å². The van der Waals surface area contributed by atoms with Crippen LogP contribution < -0.4 is 4.74 Å². The summed E-state index contributed by atoms with van der Waals surface area (Å²) in [5.74, 6) is -0.0813. The van der Waals surface area contributed by atoms with E-state index in [0.717, 1.165) is 10.1 Å². The van der Waals surface area contributed by atoms with Crippen LogP contribution in [0.5, 0.6) is 5.75 Å². The Bertz CT molecular complexity index is 914. The minimum Gasteiger partial charge on any atom is -0.489 e. The van der Waals surface area contributed by atoms with Crippen LogP contribution in [0.25, 0.3) is 10.9 Å². The number of ether oxygens (including phenoxy) is 2. The minimum atomic E-state index is -1.24. The third-order valence-electron chi connectivity index (χ3n) is 3.70. The molecule has 6 heteroatoms. The van der Waals surface area contributed by atoms with Crippen LogP contribution >= 0.6 is 0 Å². The number of nitrogens with zero attached hydrogens (tertiary/aromatic N) is 1. The SMILES string of the molecule is CCOC(=O)c1cc2cc(OCc3ccccc3)ccc2n1C(=O)O. The third-order valence-corrected chi connectivity index (χ3v) is 3.70. The highest BCUT2D eigenvalue weighted by Gasteiger charge is 2.21. The summed E-state index contributed by atoms with van der Waals surface area (Å²) < 4.78 is 11.6. The van der Waals surface area contributed by atoms with Crippen molar-refractivity contribution in [2.24, 2.45) is 0 Å². The molecule has 0 bridgehead atoms. The Kier molecular flexibility index (Phi) is 4.70. The van der Waals surface area contributed by atoms with Crippen molar-refractivity contribution in [3.63, 3.8) is 0 Å². The molecule has 0 atom stereocenters. The summed E-state index contributed by atoms with van der Waals surface area (Å²) in [7, 11) is 0. The second kappa shape index (κ2) is 7.09. The van der Waals surface area contributed by atoms with Gasteiger partial charge in [-0.25, -0.2) is 14.2 Å². The molecule has 0 fully saturated rings. The van der Waals surface area contributed by atoms with E-state index in [0.29, 0.717) is 23.3 Å². The molecule has 0 aliphatic carbocycles. The molecule has 1 aromatic heterocycles. The van der Waals surface area contributed by atoms with E-state index in [9.17, 15) is 14.7 Å². The zero-order valence-electron chi connectivity index (χ0n) is 13.6. The molecule has 0 amide bonds. The van der Waals surface area contributed by atoms with Gasteiger partial charge in [-0.2, -0.15) is 0 Å². The predicted molar refractivity (Wildman–Crippen MR) is 92.1 cm³/mol. The molecule has 0 saturated carbocycles. The number of carboxylic acid groups (broad SMARTS) is 1. The Morgan fingerprint density at radius 2 is 1.84 bits per heavy atom. The Morgan fingerprint density at radius 3 is 2.52 bits per heavy atom. The van der Waals surface area contributed by atoms with Crippen LogP contribution in [0, 0.1) is 0 Å². The van der Waals surface area contributed by atoms with Gasteiger partial charge in [0.15, 0.2) is 0 Å². The molecule has 25 heavy (non-hydrogen) atoms. The van der Waals surface area contributed by atoms with Crippen molar-refractivity contribution in [3.05, 3.63) is 65.9 Å². The van der Waals surface area contributed by atoms with Gasteiger partial charge in [-0.05, 0) is 36.8 Å². The van der Waals surface area contributed by atoms with E-state index in [-0.39, 0.29) is 12.3 Å². The number of esters is 1. The lowest BCUT2D eigenvalue weighted by atomic mass is 10.2. The van der Waals surface area contributed by atoms with Gasteiger partial charge in [-0.3, -0.25) is 0 Å². The quantitative estimate of drug-likeness (QED) is 0.713. The summed E-state index contributed by atoms with van der Waals surface area (Å²) in [5, 5.41) is 10.0. The molecule has 0 saturated heterocycles. The van der Waals surface area contributed by atoms with Gasteiger partial charge in [0.25, 0.3) is 0 Å². The highest BCUT2D eigenvalue weighted by atomic mass is 16.5. The monoisotopic (exact) mass is 339 g/mol. The molecule has 3 rings (SSSR count). The Labute approximate surface area is 144 Å². The van der Waals surface area contributed by atoms with Gasteiger partial charge < -0.3 is 14.6 Å². The lowest BCUT2D eigenvalue weighted by Gasteiger charge is -2.07. The number of aromatic nitrogens is 1. The van der Waals surface area contributed by atoms with Crippen LogP contribution in [0.4, 0.5) is 4.79 Å². The van der Waals surface area contributed by atoms with Crippen molar-refractivity contribution in [1.29, 1.82) is 0 Å². The van der Waals surface area contributed by atoms with Crippen LogP contribution in [0.3, 0.4) is 0 Å². The van der Waals surface area contributed by atoms with Crippen molar-refractivity contribution in [2.45, 2.75) is 13.5 Å². The fraction of sp³-hybridized carbons (Fsp3) is 0.158. The number of hydrogen-bond acceptors (Lipinski definition) is 4. The normalized spacial score (nSPS) is 10.6. The van der Waals surface area contributed by atoms with Crippen molar-refractivity contribution in [3.8, 4) is 5.75 Å². The smallest absolute Gasteiger partial charge is 0.416 e. The minimum absolute atomic E-state index is 0.0236. The Hall–Kier alpha value is -3.28. The predicted octanol–water partition coefficient (Wildman–Crippen LogP) is 3.92. The maximum absolute atomic E-state index is 12.0. The number of carbonyl (C=O) groups is 2. The average molecular weight is 339 g/mol. The van der Waals surface area contributed by atoms with E-state index in [1.165, 1.54) is 6.07 Å². The lowest BCUT2D eigenvalue weighted by Crippen LogP contribution is -2.17. The number of benzene rings is 2. The highest BCUT2D eigenvalue weighted by Crippen LogP contribution is 2.26. The largest absolute Gasteiger partial charge is 0.489 e. The summed E-state index contributed by atoms with van der Waals surface area (Å²) in [5.41, 5.74) is 1.41. The lowest BCUT2D eigenvalue weighted by molar-refractivity contribution is 0.0514. The average Bonchev–Trinajstić information content (AvgIpc) is 3.00. The molecule has 0 aliphatic heterocycles. The number of rotatable bonds is 5. The molecule has 128 valence electrons. The van der Waals surface area contributed by atoms with Gasteiger partial charge in [-0.15, -0.1) is 0 Å². The van der Waals surface area contributed by atoms with E-state index in [4.69, 9.17) is 9.47 Å². The van der Waals surface area contributed by atoms with Gasteiger partial charge in [0.2, 0.25) is 0 Å². The molecule has 1 heterocycles. The first-order valence-electron chi connectivity index (χ1n) is 7.83. The summed E-state index contributed by atoms with van der Waals surface area (Å²) in [4.78, 5) is 23.5. The van der Waals surface area contributed by atoms with Crippen molar-refractivity contribution in [1.82, 2.24) is 4.57 Å². The van der Waals surface area contributed by atoms with Crippen LogP contribution in [0.15, 0.2) is 54.6 Å². The van der Waals surface area contributed by atoms with Crippen molar-refractivity contribution >= 4 is 23.0 Å². The fourth-order valence-electron chi connectivity index (χ4n) is 2.59. The van der Waals surface area contributed by atoms with Crippen LogP contribution in [0.2, 0.25) is 0 Å². The van der Waals surface area contributed by atoms with E-state index in [2.05, 4.69) is 0 Å². The summed E-state index contributed by atoms with van der Waals surface area (Å²) in [6.45, 7) is 2.24. The molecular weight excluding hydrogens is 322 g/mol. The fourth-order valence-corrected chi connectivity index (χ4v) is 2.59. The van der Waals surface area contributed by atoms with Gasteiger partial charge in [0.1, 0.15) is 18.1 Å². The third kappa shape index (κ3) is 3.47. The number of carbonyl (C=O) groups excluding carboxylic acids is 1. The molecule has 0 radical (unpaired) electrons. The summed E-state index contributed by atoms with van der Waals surface area (Å²) in [6, 6.07) is 16.2. The van der Waals surface area contributed by atoms with E-state index in [1.54, 1.807) is 25.1 Å². The molecule has 0 aliphatic rings. The first-order chi connectivity index (χ1) is 12.1. The molecule has 6 nitrogen and oxygen atoms in total. The zero-order valence-corrected chi connectivity index (χ0v) is 13.6. The molecule has 0 unspecified atom stereocenters. The molecule has 0 spiro atoms. The molecule has 3 aromatic rings. The van der Waals surface area contributed by atoms with Gasteiger partial charge in [-0.1, -0.05) is 30.3 Å². The van der Waals surface area contributed by atoms with Crippen LogP contribution in [0.1, 0.15) is 23.0 Å². The van der Waals surface area contributed by atoms with E-state index < -0.39 is 12.1 Å². The first kappa shape index (κ1) is 16.6. The Balaban J connectivity index is 1.92. The maximum atomic E-state index is 12.0. The van der Waals surface area contributed by atoms with Gasteiger partial charge >= 0.3 is 12.1 Å². The number of fused-ring (bicyclic) bond motifs is 1. The standard InChI is InChI=1S/C19H17NO5/c1-2-24-18(21)17-11-14-10-15(8-9-16(14)20(17)19(22)23)25-12-13-6-4-3-5-7-13/h3-11H,2,12H2,1H3,(H,22,23). The summed E-state index contributed by atoms with van der Waals surface area (Å²) >= 11 is 0. The van der Waals surface area contributed by atoms with Crippen molar-refractivity contribution < 1.29 is 24.2 Å². The van der Waals surface area contributed by atoms with E-state index >= 15 is 0 Å². The van der Waals surface area contributed by atoms with Crippen molar-refractivity contribution in [2.75, 3.05) is 6.61 Å². The maximum Gasteiger partial charge on any atom is 0.416 e. The van der Waals surface area contributed by atoms with Gasteiger partial charge in [0, 0.05) is 5.39 Å². The molecular formula is C19H17NO5. The topological polar surface area (TPSA) is 77.8 Å². The molecule has 1 N–H and O–H groups in total. The van der Waals surface area contributed by atoms with Gasteiger partial charge in [0.05, 0.1) is 12.1 Å². The second-order valence-corrected chi connectivity index (χ2v) is 5.36. The molecule has 2 aromatic carbocycles. The first-order valence-corrected chi connectivity index (χ1v) is 7.83. The number of hydrogen-bond donors (Lipinski definition) is 1. The van der Waals surface area contributed by atoms with E-state index in [1.807, 2.05) is 30.3 Å². The van der Waals surface area contributed by atoms with Crippen LogP contribution in [-0.2, 0) is 11.3 Å².